The second kappa shape index (κ2) is 4.07. The number of nitro groups is 1. The maximum atomic E-state index is 10.7. The van der Waals surface area contributed by atoms with E-state index in [9.17, 15) is 14.9 Å². The summed E-state index contributed by atoms with van der Waals surface area (Å²) in [4.78, 5) is 20.4. The standard InChI is InChI=1S/C8H11N3O4/c1-5(8(12)13)6(2)10-4-3-7(9-10)11(14)15/h3-6H,1-2H3,(H,12,13). The quantitative estimate of drug-likeness (QED) is 0.595. The number of nitrogens with zero attached hydrogens (tertiary/aromatic N) is 3. The van der Waals surface area contributed by atoms with Gasteiger partial charge in [-0.25, -0.2) is 0 Å². The predicted molar refractivity (Wildman–Crippen MR) is 50.4 cm³/mol. The second-order valence-corrected chi connectivity index (χ2v) is 3.28. The number of carbonyl (C=O) groups is 1. The molecule has 0 bridgehead atoms. The summed E-state index contributed by atoms with van der Waals surface area (Å²) in [6.45, 7) is 3.18. The van der Waals surface area contributed by atoms with Gasteiger partial charge in [0.05, 0.1) is 29.3 Å². The lowest BCUT2D eigenvalue weighted by Crippen LogP contribution is -2.22. The molecule has 1 aromatic heterocycles. The van der Waals surface area contributed by atoms with Crippen molar-refractivity contribution in [2.75, 3.05) is 0 Å². The first kappa shape index (κ1) is 11.2. The van der Waals surface area contributed by atoms with Crippen molar-refractivity contribution in [2.24, 2.45) is 5.92 Å². The molecule has 0 saturated heterocycles. The molecule has 7 heteroatoms. The number of hydrogen-bond donors (Lipinski definition) is 1. The fourth-order valence-corrected chi connectivity index (χ4v) is 1.09. The fourth-order valence-electron chi connectivity index (χ4n) is 1.09. The molecule has 82 valence electrons. The molecule has 0 radical (unpaired) electrons. The minimum Gasteiger partial charge on any atom is -0.481 e. The van der Waals surface area contributed by atoms with Gasteiger partial charge in [0.25, 0.3) is 0 Å². The lowest BCUT2D eigenvalue weighted by molar-refractivity contribution is -0.389. The third kappa shape index (κ3) is 2.30. The Kier molecular flexibility index (Phi) is 3.03. The van der Waals surface area contributed by atoms with E-state index in [-0.39, 0.29) is 5.82 Å². The first-order valence-corrected chi connectivity index (χ1v) is 4.36. The summed E-state index contributed by atoms with van der Waals surface area (Å²) >= 11 is 0. The molecule has 7 nitrogen and oxygen atoms in total. The van der Waals surface area contributed by atoms with Crippen molar-refractivity contribution < 1.29 is 14.8 Å². The van der Waals surface area contributed by atoms with E-state index < -0.39 is 22.9 Å². The third-order valence-electron chi connectivity index (χ3n) is 2.31. The Morgan fingerprint density at radius 3 is 2.67 bits per heavy atom. The number of rotatable bonds is 4. The SMILES string of the molecule is CC(C(=O)O)C(C)n1ccc([N+](=O)[O-])n1. The maximum absolute atomic E-state index is 10.7. The summed E-state index contributed by atoms with van der Waals surface area (Å²) in [5.41, 5.74) is 0. The van der Waals surface area contributed by atoms with Gasteiger partial charge in [-0.15, -0.1) is 0 Å². The Labute approximate surface area is 85.5 Å². The molecule has 0 aliphatic carbocycles. The molecule has 2 unspecified atom stereocenters. The smallest absolute Gasteiger partial charge is 0.389 e. The van der Waals surface area contributed by atoms with Crippen LogP contribution in [-0.4, -0.2) is 25.8 Å². The van der Waals surface area contributed by atoms with Crippen LogP contribution >= 0.6 is 0 Å². The number of carboxylic acids is 1. The van der Waals surface area contributed by atoms with Crippen LogP contribution in [-0.2, 0) is 4.79 Å². The molecule has 0 saturated carbocycles. The Bertz CT molecular complexity index is 387. The Morgan fingerprint density at radius 1 is 1.67 bits per heavy atom. The molecule has 0 aromatic carbocycles. The Hall–Kier alpha value is -1.92. The zero-order valence-corrected chi connectivity index (χ0v) is 8.32. The average molecular weight is 213 g/mol. The summed E-state index contributed by atoms with van der Waals surface area (Å²) in [7, 11) is 0. The topological polar surface area (TPSA) is 98.3 Å². The highest BCUT2D eigenvalue weighted by Gasteiger charge is 2.25. The van der Waals surface area contributed by atoms with Crippen LogP contribution in [0.3, 0.4) is 0 Å². The van der Waals surface area contributed by atoms with Crippen molar-refractivity contribution in [1.29, 1.82) is 0 Å². The average Bonchev–Trinajstić information content (AvgIpc) is 2.64. The Morgan fingerprint density at radius 2 is 2.27 bits per heavy atom. The molecular weight excluding hydrogens is 202 g/mol. The summed E-state index contributed by atoms with van der Waals surface area (Å²) < 4.78 is 1.29. The van der Waals surface area contributed by atoms with Crippen LogP contribution in [0.5, 0.6) is 0 Å². The van der Waals surface area contributed by atoms with Crippen LogP contribution in [0.4, 0.5) is 5.82 Å². The summed E-state index contributed by atoms with van der Waals surface area (Å²) in [5.74, 6) is -1.88. The molecule has 0 aliphatic heterocycles. The van der Waals surface area contributed by atoms with E-state index in [0.717, 1.165) is 0 Å². The highest BCUT2D eigenvalue weighted by atomic mass is 16.6. The molecular formula is C8H11N3O4. The highest BCUT2D eigenvalue weighted by Crippen LogP contribution is 2.18. The van der Waals surface area contributed by atoms with E-state index in [0.29, 0.717) is 0 Å². The summed E-state index contributed by atoms with van der Waals surface area (Å²) in [6.07, 6.45) is 1.40. The molecule has 0 aliphatic rings. The largest absolute Gasteiger partial charge is 0.481 e. The van der Waals surface area contributed by atoms with Gasteiger partial charge in [-0.1, -0.05) is 0 Å². The Balaban J connectivity index is 2.87. The maximum Gasteiger partial charge on any atom is 0.389 e. The van der Waals surface area contributed by atoms with Gasteiger partial charge in [0.1, 0.15) is 0 Å². The van der Waals surface area contributed by atoms with E-state index in [1.54, 1.807) is 6.92 Å². The van der Waals surface area contributed by atoms with E-state index in [1.165, 1.54) is 23.9 Å². The van der Waals surface area contributed by atoms with Gasteiger partial charge in [0, 0.05) is 0 Å². The number of carboxylic acid groups (broad SMARTS) is 1. The van der Waals surface area contributed by atoms with Crippen molar-refractivity contribution in [3.8, 4) is 0 Å². The molecule has 0 spiro atoms. The van der Waals surface area contributed by atoms with Crippen molar-refractivity contribution >= 4 is 11.8 Å². The lowest BCUT2D eigenvalue weighted by atomic mass is 10.1. The van der Waals surface area contributed by atoms with Crippen LogP contribution in [0.1, 0.15) is 19.9 Å². The van der Waals surface area contributed by atoms with Gasteiger partial charge < -0.3 is 15.2 Å². The van der Waals surface area contributed by atoms with E-state index >= 15 is 0 Å². The molecule has 1 heterocycles. The van der Waals surface area contributed by atoms with Gasteiger partial charge in [-0.2, -0.15) is 4.68 Å². The zero-order chi connectivity index (χ0) is 11.6. The molecule has 0 amide bonds. The van der Waals surface area contributed by atoms with Crippen LogP contribution in [0.2, 0.25) is 0 Å². The van der Waals surface area contributed by atoms with Crippen LogP contribution in [0.15, 0.2) is 12.3 Å². The lowest BCUT2D eigenvalue weighted by Gasteiger charge is -2.12. The van der Waals surface area contributed by atoms with E-state index in [1.807, 2.05) is 0 Å². The minimum absolute atomic E-state index is 0.278. The van der Waals surface area contributed by atoms with Crippen LogP contribution in [0, 0.1) is 16.0 Å². The molecule has 1 rings (SSSR count). The molecule has 0 fully saturated rings. The second-order valence-electron chi connectivity index (χ2n) is 3.28. The zero-order valence-electron chi connectivity index (χ0n) is 8.32. The van der Waals surface area contributed by atoms with Crippen LogP contribution < -0.4 is 0 Å². The monoisotopic (exact) mass is 213 g/mol. The third-order valence-corrected chi connectivity index (χ3v) is 2.31. The normalized spacial score (nSPS) is 14.5. The first-order valence-electron chi connectivity index (χ1n) is 4.36. The van der Waals surface area contributed by atoms with E-state index in [4.69, 9.17) is 5.11 Å². The van der Waals surface area contributed by atoms with Gasteiger partial charge in [0.2, 0.25) is 0 Å². The number of aliphatic carboxylic acids is 1. The number of hydrogen-bond acceptors (Lipinski definition) is 4. The van der Waals surface area contributed by atoms with Gasteiger partial charge in [-0.05, 0) is 18.8 Å². The van der Waals surface area contributed by atoms with Gasteiger partial charge in [0.15, 0.2) is 0 Å². The summed E-state index contributed by atoms with van der Waals surface area (Å²) in [6, 6.07) is 0.821. The predicted octanol–water partition coefficient (Wildman–Crippen LogP) is 1.07. The molecule has 15 heavy (non-hydrogen) atoms. The van der Waals surface area contributed by atoms with Crippen molar-refractivity contribution in [3.63, 3.8) is 0 Å². The fraction of sp³-hybridized carbons (Fsp3) is 0.500. The first-order chi connectivity index (χ1) is 6.93. The number of aromatic nitrogens is 2. The minimum atomic E-state index is -0.958. The highest BCUT2D eigenvalue weighted by molar-refractivity contribution is 5.70. The van der Waals surface area contributed by atoms with Crippen molar-refractivity contribution in [1.82, 2.24) is 9.78 Å². The molecule has 2 atom stereocenters. The van der Waals surface area contributed by atoms with Crippen molar-refractivity contribution in [3.05, 3.63) is 22.4 Å². The van der Waals surface area contributed by atoms with E-state index in [2.05, 4.69) is 5.10 Å². The van der Waals surface area contributed by atoms with Gasteiger partial charge in [-0.3, -0.25) is 4.79 Å². The van der Waals surface area contributed by atoms with Crippen molar-refractivity contribution in [2.45, 2.75) is 19.9 Å². The summed E-state index contributed by atoms with van der Waals surface area (Å²) in [5, 5.41) is 22.8. The molecule has 1 N–H and O–H groups in total. The molecule has 1 aromatic rings. The van der Waals surface area contributed by atoms with Gasteiger partial charge >= 0.3 is 11.8 Å². The van der Waals surface area contributed by atoms with Crippen LogP contribution in [0.25, 0.3) is 0 Å².